The van der Waals surface area contributed by atoms with Crippen LogP contribution in [0, 0.1) is 11.8 Å². The van der Waals surface area contributed by atoms with E-state index >= 15 is 0 Å². The molecule has 2 rings (SSSR count). The second-order valence-corrected chi connectivity index (χ2v) is 7.82. The van der Waals surface area contributed by atoms with Crippen LogP contribution in [0.3, 0.4) is 0 Å². The highest BCUT2D eigenvalue weighted by Gasteiger charge is 2.44. The first-order valence-electron chi connectivity index (χ1n) is 9.01. The van der Waals surface area contributed by atoms with Crippen molar-refractivity contribution < 1.29 is 19.4 Å². The summed E-state index contributed by atoms with van der Waals surface area (Å²) in [6.07, 6.45) is 6.63. The van der Waals surface area contributed by atoms with E-state index in [1.165, 1.54) is 5.57 Å². The number of allylic oxidation sites excluding steroid dienone is 2. The number of hydrogen-bond donors (Lipinski definition) is 1. The molecule has 1 aliphatic carbocycles. The molecule has 4 atom stereocenters. The smallest absolute Gasteiger partial charge is 0.334 e. The molecule has 1 saturated heterocycles. The zero-order valence-corrected chi connectivity index (χ0v) is 15.1. The Morgan fingerprint density at radius 3 is 2.79 bits per heavy atom. The maximum Gasteiger partial charge on any atom is 0.334 e. The zero-order chi connectivity index (χ0) is 17.9. The summed E-state index contributed by atoms with van der Waals surface area (Å²) in [6, 6.07) is 0. The molecular formula is C20H30O4. The van der Waals surface area contributed by atoms with Crippen LogP contribution in [-0.2, 0) is 14.3 Å². The van der Waals surface area contributed by atoms with Gasteiger partial charge in [0.15, 0.2) is 0 Å². The third-order valence-electron chi connectivity index (χ3n) is 5.43. The minimum Gasteiger partial charge on any atom is -0.456 e. The molecule has 0 aromatic rings. The highest BCUT2D eigenvalue weighted by Crippen LogP contribution is 2.35. The molecule has 0 amide bonds. The van der Waals surface area contributed by atoms with Crippen molar-refractivity contribution in [2.45, 2.75) is 77.4 Å². The number of carbonyl (C=O) groups excluding carboxylic acids is 2. The largest absolute Gasteiger partial charge is 0.456 e. The van der Waals surface area contributed by atoms with E-state index in [-0.39, 0.29) is 17.3 Å². The Morgan fingerprint density at radius 2 is 2.08 bits per heavy atom. The third kappa shape index (κ3) is 4.56. The van der Waals surface area contributed by atoms with E-state index in [1.807, 2.05) is 0 Å². The van der Waals surface area contributed by atoms with Crippen LogP contribution in [0.2, 0.25) is 0 Å². The van der Waals surface area contributed by atoms with Gasteiger partial charge in [-0.3, -0.25) is 4.79 Å². The van der Waals surface area contributed by atoms with Crippen molar-refractivity contribution in [1.29, 1.82) is 0 Å². The van der Waals surface area contributed by atoms with Gasteiger partial charge in [-0.1, -0.05) is 25.2 Å². The van der Waals surface area contributed by atoms with Gasteiger partial charge in [0.25, 0.3) is 0 Å². The summed E-state index contributed by atoms with van der Waals surface area (Å²) in [5, 5.41) is 10.8. The summed E-state index contributed by atoms with van der Waals surface area (Å²) in [7, 11) is 0. The van der Waals surface area contributed by atoms with E-state index in [9.17, 15) is 14.7 Å². The fraction of sp³-hybridized carbons (Fsp3) is 0.700. The lowest BCUT2D eigenvalue weighted by atomic mass is 9.78. The van der Waals surface area contributed by atoms with Crippen LogP contribution in [0.15, 0.2) is 23.8 Å². The van der Waals surface area contributed by atoms with Crippen LogP contribution in [-0.4, -0.2) is 28.6 Å². The van der Waals surface area contributed by atoms with Crippen molar-refractivity contribution in [2.75, 3.05) is 0 Å². The molecule has 4 heteroatoms. The Morgan fingerprint density at radius 1 is 1.38 bits per heavy atom. The molecule has 2 bridgehead atoms. The van der Waals surface area contributed by atoms with Gasteiger partial charge in [-0.05, 0) is 51.9 Å². The fourth-order valence-corrected chi connectivity index (χ4v) is 3.65. The molecule has 24 heavy (non-hydrogen) atoms. The predicted molar refractivity (Wildman–Crippen MR) is 93.4 cm³/mol. The minimum atomic E-state index is -1.14. The first-order chi connectivity index (χ1) is 11.2. The van der Waals surface area contributed by atoms with Crippen molar-refractivity contribution >= 4 is 11.8 Å². The Hall–Kier alpha value is -1.42. The topological polar surface area (TPSA) is 63.6 Å². The molecule has 4 unspecified atom stereocenters. The Bertz CT molecular complexity index is 544. The molecule has 0 radical (unpaired) electrons. The van der Waals surface area contributed by atoms with Crippen LogP contribution in [0.4, 0.5) is 0 Å². The molecule has 0 aromatic carbocycles. The van der Waals surface area contributed by atoms with Gasteiger partial charge in [0.1, 0.15) is 11.9 Å². The number of esters is 1. The van der Waals surface area contributed by atoms with E-state index in [0.29, 0.717) is 19.3 Å². The summed E-state index contributed by atoms with van der Waals surface area (Å²) in [5.74, 6) is -0.728. The Balaban J connectivity index is 2.25. The maximum absolute atomic E-state index is 12.7. The minimum absolute atomic E-state index is 0.0503. The summed E-state index contributed by atoms with van der Waals surface area (Å²) in [4.78, 5) is 24.8. The molecular weight excluding hydrogens is 304 g/mol. The van der Waals surface area contributed by atoms with Crippen molar-refractivity contribution in [3.05, 3.63) is 23.8 Å². The van der Waals surface area contributed by atoms with E-state index in [0.717, 1.165) is 25.7 Å². The van der Waals surface area contributed by atoms with Gasteiger partial charge in [-0.15, -0.1) is 0 Å². The number of ether oxygens (including phenoxy) is 1. The van der Waals surface area contributed by atoms with Crippen LogP contribution in [0.25, 0.3) is 0 Å². The van der Waals surface area contributed by atoms with E-state index in [2.05, 4.69) is 26.5 Å². The summed E-state index contributed by atoms with van der Waals surface area (Å²) in [6.45, 7) is 9.65. The quantitative estimate of drug-likeness (QED) is 0.416. The van der Waals surface area contributed by atoms with Crippen LogP contribution in [0.5, 0.6) is 0 Å². The molecule has 0 aromatic heterocycles. The highest BCUT2D eigenvalue weighted by atomic mass is 16.6. The SMILES string of the molecule is C=C1C(=O)OC2CC1C(=O)CC(C)CCC/C(C)=C\CCC2(C)O. The molecule has 4 nitrogen and oxygen atoms in total. The van der Waals surface area contributed by atoms with Crippen molar-refractivity contribution in [3.63, 3.8) is 0 Å². The van der Waals surface area contributed by atoms with Crippen molar-refractivity contribution in [3.8, 4) is 0 Å². The second kappa shape index (κ2) is 7.64. The number of hydrogen-bond acceptors (Lipinski definition) is 4. The number of Topliss-reactive ketones (excluding diaryl/α,β-unsaturated/α-hetero) is 1. The lowest BCUT2D eigenvalue weighted by Crippen LogP contribution is -2.48. The average molecular weight is 334 g/mol. The summed E-state index contributed by atoms with van der Waals surface area (Å²) >= 11 is 0. The number of fused-ring (bicyclic) bond motifs is 2. The first-order valence-corrected chi connectivity index (χ1v) is 9.01. The molecule has 1 heterocycles. The number of aliphatic hydroxyl groups is 1. The van der Waals surface area contributed by atoms with E-state index < -0.39 is 23.6 Å². The van der Waals surface area contributed by atoms with Gasteiger partial charge in [-0.25, -0.2) is 4.79 Å². The van der Waals surface area contributed by atoms with Gasteiger partial charge < -0.3 is 9.84 Å². The van der Waals surface area contributed by atoms with Crippen LogP contribution < -0.4 is 0 Å². The predicted octanol–water partition coefficient (Wildman–Crippen LogP) is 3.73. The molecule has 134 valence electrons. The lowest BCUT2D eigenvalue weighted by molar-refractivity contribution is -0.169. The molecule has 1 fully saturated rings. The zero-order valence-electron chi connectivity index (χ0n) is 15.1. The summed E-state index contributed by atoms with van der Waals surface area (Å²) < 4.78 is 5.39. The molecule has 1 aliphatic heterocycles. The van der Waals surface area contributed by atoms with E-state index in [4.69, 9.17) is 4.74 Å². The van der Waals surface area contributed by atoms with Gasteiger partial charge in [0.05, 0.1) is 11.5 Å². The van der Waals surface area contributed by atoms with Gasteiger partial charge in [-0.2, -0.15) is 0 Å². The van der Waals surface area contributed by atoms with Gasteiger partial charge in [0.2, 0.25) is 0 Å². The fourth-order valence-electron chi connectivity index (χ4n) is 3.65. The highest BCUT2D eigenvalue weighted by molar-refractivity contribution is 5.98. The van der Waals surface area contributed by atoms with Crippen molar-refractivity contribution in [2.24, 2.45) is 11.8 Å². The van der Waals surface area contributed by atoms with Gasteiger partial charge in [0, 0.05) is 18.4 Å². The molecule has 0 saturated carbocycles. The van der Waals surface area contributed by atoms with Crippen LogP contribution >= 0.6 is 0 Å². The Labute approximate surface area is 145 Å². The van der Waals surface area contributed by atoms with Gasteiger partial charge >= 0.3 is 5.97 Å². The average Bonchev–Trinajstić information content (AvgIpc) is 2.48. The number of rotatable bonds is 0. The van der Waals surface area contributed by atoms with E-state index in [1.54, 1.807) is 6.92 Å². The monoisotopic (exact) mass is 334 g/mol. The summed E-state index contributed by atoms with van der Waals surface area (Å²) in [5.41, 5.74) is 0.414. The van der Waals surface area contributed by atoms with Crippen molar-refractivity contribution in [1.82, 2.24) is 0 Å². The first kappa shape index (κ1) is 18.9. The lowest BCUT2D eigenvalue weighted by Gasteiger charge is -2.38. The third-order valence-corrected chi connectivity index (χ3v) is 5.43. The molecule has 1 N–H and O–H groups in total. The molecule has 0 spiro atoms. The standard InChI is InChI=1S/C20H30O4/c1-13-7-5-8-14(2)11-17(21)16-12-18(24-19(22)15(16)3)20(4,23)10-6-9-13/h9,14,16,18,23H,3,5-8,10-12H2,1-2,4H3/b13-9-. The second-order valence-electron chi connectivity index (χ2n) is 7.82. The van der Waals surface area contributed by atoms with Crippen LogP contribution in [0.1, 0.15) is 65.7 Å². The Kier molecular flexibility index (Phi) is 6.02. The normalized spacial score (nSPS) is 38.8. The number of ketones is 1. The maximum atomic E-state index is 12.7. The number of carbonyl (C=O) groups is 2. The molecule has 2 aliphatic rings.